The van der Waals surface area contributed by atoms with Gasteiger partial charge in [0, 0.05) is 64.7 Å². The lowest BCUT2D eigenvalue weighted by Crippen LogP contribution is -2.52. The molecule has 0 saturated carbocycles. The van der Waals surface area contributed by atoms with Crippen LogP contribution in [0.2, 0.25) is 0 Å². The molecule has 2 aliphatic heterocycles. The molecule has 27 heavy (non-hydrogen) atoms. The Morgan fingerprint density at radius 1 is 1.11 bits per heavy atom. The van der Waals surface area contributed by atoms with Gasteiger partial charge in [0.25, 0.3) is 0 Å². The van der Waals surface area contributed by atoms with E-state index in [0.717, 1.165) is 58.2 Å². The van der Waals surface area contributed by atoms with Crippen molar-refractivity contribution in [2.75, 3.05) is 62.7 Å². The molecule has 0 atom stereocenters. The molecule has 2 fully saturated rings. The number of hydrogen-bond donors (Lipinski definition) is 1. The molecule has 0 radical (unpaired) electrons. The van der Waals surface area contributed by atoms with Crippen molar-refractivity contribution >= 4 is 38.8 Å². The Bertz CT molecular complexity index is 727. The van der Waals surface area contributed by atoms with Crippen LogP contribution in [-0.2, 0) is 6.42 Å². The molecule has 1 N–H and O–H groups in total. The second-order valence-corrected chi connectivity index (χ2v) is 8.73. The van der Waals surface area contributed by atoms with E-state index in [-0.39, 0.29) is 0 Å². The second-order valence-electron chi connectivity index (χ2n) is 6.96. The normalized spacial score (nSPS) is 18.4. The number of piperazine rings is 1. The Hall–Kier alpha value is -1.80. The zero-order valence-corrected chi connectivity index (χ0v) is 17.6. The molecule has 146 valence electrons. The summed E-state index contributed by atoms with van der Waals surface area (Å²) in [7, 11) is 1.88. The van der Waals surface area contributed by atoms with Crippen molar-refractivity contribution in [3.8, 4) is 0 Å². The van der Waals surface area contributed by atoms with Gasteiger partial charge in [0.2, 0.25) is 0 Å². The van der Waals surface area contributed by atoms with Crippen LogP contribution >= 0.6 is 22.7 Å². The highest BCUT2D eigenvalue weighted by molar-refractivity contribution is 7.14. The van der Waals surface area contributed by atoms with Crippen LogP contribution in [0.15, 0.2) is 27.9 Å². The van der Waals surface area contributed by atoms with Gasteiger partial charge in [0.15, 0.2) is 11.1 Å². The van der Waals surface area contributed by atoms with Crippen molar-refractivity contribution in [2.24, 2.45) is 4.99 Å². The molecule has 0 spiro atoms. The number of aromatic nitrogens is 1. The van der Waals surface area contributed by atoms with Gasteiger partial charge in [-0.1, -0.05) is 0 Å². The van der Waals surface area contributed by atoms with Gasteiger partial charge in [0.1, 0.15) is 0 Å². The quantitative estimate of drug-likeness (QED) is 0.613. The maximum absolute atomic E-state index is 4.81. The molecular formula is C19H28N6S2. The van der Waals surface area contributed by atoms with Crippen LogP contribution in [0, 0.1) is 0 Å². The number of rotatable bonds is 5. The second kappa shape index (κ2) is 8.93. The molecule has 2 saturated heterocycles. The van der Waals surface area contributed by atoms with Gasteiger partial charge in [-0.3, -0.25) is 4.99 Å². The van der Waals surface area contributed by atoms with E-state index in [9.17, 15) is 0 Å². The number of anilines is 2. The Morgan fingerprint density at radius 2 is 1.93 bits per heavy atom. The first-order chi connectivity index (χ1) is 13.3. The summed E-state index contributed by atoms with van der Waals surface area (Å²) in [6, 6.07) is 4.33. The summed E-state index contributed by atoms with van der Waals surface area (Å²) < 4.78 is 0. The van der Waals surface area contributed by atoms with Gasteiger partial charge in [-0.05, 0) is 30.4 Å². The Labute approximate surface area is 169 Å². The van der Waals surface area contributed by atoms with Crippen LogP contribution in [-0.4, -0.2) is 68.7 Å². The third kappa shape index (κ3) is 4.55. The molecule has 0 aliphatic carbocycles. The first-order valence-electron chi connectivity index (χ1n) is 9.77. The van der Waals surface area contributed by atoms with Gasteiger partial charge in [-0.25, -0.2) is 4.98 Å². The third-order valence-corrected chi connectivity index (χ3v) is 7.07. The first-order valence-corrected chi connectivity index (χ1v) is 11.5. The van der Waals surface area contributed by atoms with E-state index in [4.69, 9.17) is 4.98 Å². The number of guanidine groups is 1. The zero-order valence-electron chi connectivity index (χ0n) is 15.9. The zero-order chi connectivity index (χ0) is 18.5. The molecular weight excluding hydrogens is 376 g/mol. The molecule has 2 aromatic heterocycles. The van der Waals surface area contributed by atoms with Crippen LogP contribution in [0.3, 0.4) is 0 Å². The van der Waals surface area contributed by atoms with E-state index in [0.29, 0.717) is 0 Å². The van der Waals surface area contributed by atoms with E-state index in [1.807, 2.05) is 18.4 Å². The third-order valence-electron chi connectivity index (χ3n) is 5.19. The minimum atomic E-state index is 0.876. The summed E-state index contributed by atoms with van der Waals surface area (Å²) in [6.07, 6.45) is 3.54. The molecule has 4 heterocycles. The molecule has 0 aromatic carbocycles. The minimum absolute atomic E-state index is 0.876. The van der Waals surface area contributed by atoms with Gasteiger partial charge < -0.3 is 20.0 Å². The highest BCUT2D eigenvalue weighted by Gasteiger charge is 2.20. The molecule has 8 heteroatoms. The fraction of sp³-hybridized carbons (Fsp3) is 0.579. The fourth-order valence-corrected chi connectivity index (χ4v) is 5.39. The molecule has 2 aromatic rings. The smallest absolute Gasteiger partial charge is 0.193 e. The summed E-state index contributed by atoms with van der Waals surface area (Å²) in [4.78, 5) is 16.5. The van der Waals surface area contributed by atoms with Crippen molar-refractivity contribution in [1.29, 1.82) is 0 Å². The van der Waals surface area contributed by atoms with E-state index >= 15 is 0 Å². The maximum Gasteiger partial charge on any atom is 0.193 e. The lowest BCUT2D eigenvalue weighted by molar-refractivity contribution is 0.373. The number of nitrogens with zero attached hydrogens (tertiary/aromatic N) is 5. The topological polar surface area (TPSA) is 47.0 Å². The largest absolute Gasteiger partial charge is 0.360 e. The SMILES string of the molecule is CN=C(NCCc1csc(N2CCCC2)n1)N1CCN(c2cccs2)CC1. The Kier molecular flexibility index (Phi) is 6.14. The van der Waals surface area contributed by atoms with Crippen molar-refractivity contribution in [3.63, 3.8) is 0 Å². The van der Waals surface area contributed by atoms with E-state index in [1.54, 1.807) is 11.3 Å². The van der Waals surface area contributed by atoms with E-state index < -0.39 is 0 Å². The minimum Gasteiger partial charge on any atom is -0.360 e. The van der Waals surface area contributed by atoms with Gasteiger partial charge in [-0.15, -0.1) is 22.7 Å². The molecule has 4 rings (SSSR count). The number of hydrogen-bond acceptors (Lipinski definition) is 6. The number of thiophene rings is 1. The average molecular weight is 405 g/mol. The highest BCUT2D eigenvalue weighted by Crippen LogP contribution is 2.24. The summed E-state index contributed by atoms with van der Waals surface area (Å²) in [5.74, 6) is 1.01. The van der Waals surface area contributed by atoms with Crippen molar-refractivity contribution in [2.45, 2.75) is 19.3 Å². The molecule has 0 unspecified atom stereocenters. The Balaban J connectivity index is 1.23. The molecule has 6 nitrogen and oxygen atoms in total. The predicted octanol–water partition coefficient (Wildman–Crippen LogP) is 2.74. The van der Waals surface area contributed by atoms with Crippen molar-refractivity contribution in [3.05, 3.63) is 28.6 Å². The fourth-order valence-electron chi connectivity index (χ4n) is 3.69. The van der Waals surface area contributed by atoms with E-state index in [2.05, 4.69) is 47.9 Å². The van der Waals surface area contributed by atoms with Crippen LogP contribution in [0.4, 0.5) is 10.1 Å². The standard InChI is InChI=1S/C19H28N6S2/c1-20-18(24-12-10-23(11-13-24)17-5-4-14-26-17)21-7-6-16-15-27-19(22-16)25-8-2-3-9-25/h4-5,14-15H,2-3,6-13H2,1H3,(H,20,21). The molecule has 0 amide bonds. The lowest BCUT2D eigenvalue weighted by atomic mass is 10.3. The lowest BCUT2D eigenvalue weighted by Gasteiger charge is -2.37. The van der Waals surface area contributed by atoms with Crippen molar-refractivity contribution < 1.29 is 0 Å². The number of nitrogens with one attached hydrogen (secondary N) is 1. The van der Waals surface area contributed by atoms with Gasteiger partial charge in [0.05, 0.1) is 10.7 Å². The summed E-state index contributed by atoms with van der Waals surface area (Å²) in [6.45, 7) is 7.31. The maximum atomic E-state index is 4.81. The molecule has 2 aliphatic rings. The summed E-state index contributed by atoms with van der Waals surface area (Å²) in [5, 5.41) is 10.4. The Morgan fingerprint density at radius 3 is 2.63 bits per heavy atom. The number of thiazole rings is 1. The van der Waals surface area contributed by atoms with Crippen LogP contribution in [0.25, 0.3) is 0 Å². The van der Waals surface area contributed by atoms with Crippen LogP contribution < -0.4 is 15.1 Å². The van der Waals surface area contributed by atoms with Crippen LogP contribution in [0.1, 0.15) is 18.5 Å². The van der Waals surface area contributed by atoms with E-state index in [1.165, 1.54) is 28.7 Å². The van der Waals surface area contributed by atoms with Gasteiger partial charge >= 0.3 is 0 Å². The summed E-state index contributed by atoms with van der Waals surface area (Å²) >= 11 is 3.60. The van der Waals surface area contributed by atoms with Crippen molar-refractivity contribution in [1.82, 2.24) is 15.2 Å². The highest BCUT2D eigenvalue weighted by atomic mass is 32.1. The average Bonchev–Trinajstić information content (AvgIpc) is 3.48. The predicted molar refractivity (Wildman–Crippen MR) is 117 cm³/mol. The van der Waals surface area contributed by atoms with Crippen LogP contribution in [0.5, 0.6) is 0 Å². The molecule has 0 bridgehead atoms. The summed E-state index contributed by atoms with van der Waals surface area (Å²) in [5.41, 5.74) is 1.19. The monoisotopic (exact) mass is 404 g/mol. The number of aliphatic imine (C=N–C) groups is 1. The first kappa shape index (κ1) is 18.6. The van der Waals surface area contributed by atoms with Gasteiger partial charge in [-0.2, -0.15) is 0 Å².